The summed E-state index contributed by atoms with van der Waals surface area (Å²) in [7, 11) is -3.77. The number of ether oxygens (including phenoxy) is 3. The van der Waals surface area contributed by atoms with Crippen LogP contribution in [0.4, 0.5) is 8.78 Å². The van der Waals surface area contributed by atoms with Gasteiger partial charge in [-0.1, -0.05) is 11.8 Å². The van der Waals surface area contributed by atoms with Crippen LogP contribution >= 0.6 is 0 Å². The molecule has 0 amide bonds. The maximum absolute atomic E-state index is 13.1. The van der Waals surface area contributed by atoms with Gasteiger partial charge in [0.15, 0.2) is 11.5 Å². The van der Waals surface area contributed by atoms with Crippen LogP contribution in [0.25, 0.3) is 0 Å². The zero-order valence-electron chi connectivity index (χ0n) is 14.0. The van der Waals surface area contributed by atoms with Crippen LogP contribution in [0.5, 0.6) is 17.2 Å². The van der Waals surface area contributed by atoms with Crippen LogP contribution in [0.1, 0.15) is 5.56 Å². The van der Waals surface area contributed by atoms with E-state index in [9.17, 15) is 17.2 Å². The Kier molecular flexibility index (Phi) is 5.78. The minimum atomic E-state index is -3.77. The fourth-order valence-electron chi connectivity index (χ4n) is 2.31. The topological polar surface area (TPSA) is 73.9 Å². The molecule has 0 bridgehead atoms. The average molecular weight is 395 g/mol. The van der Waals surface area contributed by atoms with Gasteiger partial charge in [0.25, 0.3) is 0 Å². The predicted octanol–water partition coefficient (Wildman–Crippen LogP) is 2.20. The molecule has 0 aliphatic carbocycles. The summed E-state index contributed by atoms with van der Waals surface area (Å²) >= 11 is 0. The second kappa shape index (κ2) is 8.24. The molecule has 0 atom stereocenters. The molecule has 1 heterocycles. The monoisotopic (exact) mass is 395 g/mol. The number of hydrogen-bond acceptors (Lipinski definition) is 5. The number of halogens is 2. The van der Waals surface area contributed by atoms with Gasteiger partial charge in [-0.3, -0.25) is 0 Å². The van der Waals surface area contributed by atoms with Crippen molar-refractivity contribution in [1.82, 2.24) is 4.72 Å². The maximum atomic E-state index is 13.1. The molecule has 0 saturated carbocycles. The molecule has 6 nitrogen and oxygen atoms in total. The predicted molar refractivity (Wildman–Crippen MR) is 92.8 cm³/mol. The van der Waals surface area contributed by atoms with E-state index in [1.54, 1.807) is 18.2 Å². The summed E-state index contributed by atoms with van der Waals surface area (Å²) in [5.74, 6) is 4.83. The molecule has 27 heavy (non-hydrogen) atoms. The van der Waals surface area contributed by atoms with E-state index in [1.807, 2.05) is 0 Å². The lowest BCUT2D eigenvalue weighted by atomic mass is 10.2. The molecule has 0 saturated heterocycles. The van der Waals surface area contributed by atoms with E-state index in [1.165, 1.54) is 0 Å². The number of fused-ring (bicyclic) bond motifs is 1. The Morgan fingerprint density at radius 3 is 2.56 bits per heavy atom. The number of hydrogen-bond donors (Lipinski definition) is 1. The Hall–Kier alpha value is -2.83. The van der Waals surface area contributed by atoms with Crippen LogP contribution in [0, 0.1) is 23.5 Å². The van der Waals surface area contributed by atoms with E-state index in [2.05, 4.69) is 16.6 Å². The van der Waals surface area contributed by atoms with Crippen molar-refractivity contribution in [3.05, 3.63) is 53.6 Å². The lowest BCUT2D eigenvalue weighted by Crippen LogP contribution is -2.25. The summed E-state index contributed by atoms with van der Waals surface area (Å²) in [5.41, 5.74) is 0.0131. The average Bonchev–Trinajstić information content (AvgIpc) is 3.04. The Morgan fingerprint density at radius 1 is 1.04 bits per heavy atom. The van der Waals surface area contributed by atoms with E-state index in [4.69, 9.17) is 14.2 Å². The van der Waals surface area contributed by atoms with Gasteiger partial charge in [-0.15, -0.1) is 0 Å². The molecule has 0 aromatic heterocycles. The summed E-state index contributed by atoms with van der Waals surface area (Å²) in [5, 5.41) is 0. The summed E-state index contributed by atoms with van der Waals surface area (Å²) in [6.07, 6.45) is 0. The highest BCUT2D eigenvalue weighted by Gasteiger charge is 2.14. The molecule has 0 fully saturated rings. The van der Waals surface area contributed by atoms with Crippen molar-refractivity contribution < 1.29 is 31.4 Å². The molecule has 0 unspecified atom stereocenters. The highest BCUT2D eigenvalue weighted by atomic mass is 32.2. The Bertz CT molecular complexity index is 978. The molecule has 2 aromatic carbocycles. The zero-order valence-corrected chi connectivity index (χ0v) is 14.8. The van der Waals surface area contributed by atoms with Gasteiger partial charge < -0.3 is 14.2 Å². The maximum Gasteiger partial charge on any atom is 0.231 e. The third kappa shape index (κ3) is 5.57. The van der Waals surface area contributed by atoms with E-state index in [0.717, 1.165) is 12.1 Å². The van der Waals surface area contributed by atoms with Crippen LogP contribution in [-0.2, 0) is 15.8 Å². The van der Waals surface area contributed by atoms with Crippen molar-refractivity contribution in [2.24, 2.45) is 0 Å². The van der Waals surface area contributed by atoms with Gasteiger partial charge in [0.1, 0.15) is 24.0 Å². The Balaban J connectivity index is 1.45. The smallest absolute Gasteiger partial charge is 0.231 e. The quantitative estimate of drug-likeness (QED) is 0.759. The zero-order chi connectivity index (χ0) is 19.3. The molecule has 0 spiro atoms. The fourth-order valence-corrected chi connectivity index (χ4v) is 3.31. The Labute approximate surface area is 155 Å². The number of rotatable bonds is 6. The van der Waals surface area contributed by atoms with E-state index in [0.29, 0.717) is 23.3 Å². The van der Waals surface area contributed by atoms with Gasteiger partial charge in [0, 0.05) is 12.1 Å². The van der Waals surface area contributed by atoms with Crippen LogP contribution in [0.15, 0.2) is 36.4 Å². The molecule has 1 aliphatic rings. The molecule has 3 rings (SSSR count). The largest absolute Gasteiger partial charge is 0.481 e. The van der Waals surface area contributed by atoms with Crippen LogP contribution in [0.2, 0.25) is 0 Å². The number of sulfonamides is 1. The lowest BCUT2D eigenvalue weighted by Gasteiger charge is -2.05. The molecule has 9 heteroatoms. The first-order valence-corrected chi connectivity index (χ1v) is 9.47. The third-order valence-electron chi connectivity index (χ3n) is 3.44. The highest BCUT2D eigenvalue weighted by Crippen LogP contribution is 2.34. The summed E-state index contributed by atoms with van der Waals surface area (Å²) in [6, 6.07) is 7.70. The van der Waals surface area contributed by atoms with Crippen LogP contribution in [0.3, 0.4) is 0 Å². The third-order valence-corrected chi connectivity index (χ3v) is 4.74. The fraction of sp³-hybridized carbons (Fsp3) is 0.222. The Morgan fingerprint density at radius 2 is 1.78 bits per heavy atom. The summed E-state index contributed by atoms with van der Waals surface area (Å²) < 4.78 is 68.1. The van der Waals surface area contributed by atoms with Crippen molar-refractivity contribution in [2.75, 3.05) is 19.9 Å². The van der Waals surface area contributed by atoms with Gasteiger partial charge in [-0.05, 0) is 29.8 Å². The molecular formula is C18H15F2NO5S. The van der Waals surface area contributed by atoms with E-state index < -0.39 is 27.4 Å². The molecule has 2 aromatic rings. The standard InChI is InChI=1S/C18H15F2NO5S/c19-14-7-13(8-15(20)9-14)11-27(22,23)21-5-1-2-6-24-16-3-4-17-18(10-16)26-12-25-17/h3-4,7-10,21H,5-6,11-12H2. The van der Waals surface area contributed by atoms with Gasteiger partial charge >= 0.3 is 0 Å². The first kappa shape index (κ1) is 18.9. The van der Waals surface area contributed by atoms with Crippen molar-refractivity contribution in [1.29, 1.82) is 0 Å². The molecule has 1 N–H and O–H groups in total. The van der Waals surface area contributed by atoms with Gasteiger partial charge in [-0.25, -0.2) is 21.9 Å². The van der Waals surface area contributed by atoms with Crippen LogP contribution < -0.4 is 18.9 Å². The second-order valence-corrected chi connectivity index (χ2v) is 7.32. The van der Waals surface area contributed by atoms with Crippen molar-refractivity contribution >= 4 is 10.0 Å². The van der Waals surface area contributed by atoms with Crippen molar-refractivity contribution in [3.8, 4) is 29.1 Å². The first-order chi connectivity index (χ1) is 12.9. The number of nitrogens with one attached hydrogen (secondary N) is 1. The van der Waals surface area contributed by atoms with Gasteiger partial charge in [0.2, 0.25) is 16.8 Å². The molecule has 1 aliphatic heterocycles. The van der Waals surface area contributed by atoms with Crippen molar-refractivity contribution in [3.63, 3.8) is 0 Å². The van der Waals surface area contributed by atoms with Gasteiger partial charge in [0.05, 0.1) is 12.3 Å². The van der Waals surface area contributed by atoms with Crippen LogP contribution in [-0.4, -0.2) is 28.4 Å². The minimum absolute atomic E-state index is 0.0131. The second-order valence-electron chi connectivity index (χ2n) is 5.52. The highest BCUT2D eigenvalue weighted by molar-refractivity contribution is 7.88. The molecular weight excluding hydrogens is 380 g/mol. The SMILES string of the molecule is O=S(=O)(Cc1cc(F)cc(F)c1)NCC#CCOc1ccc2c(c1)OCO2. The summed E-state index contributed by atoms with van der Waals surface area (Å²) in [4.78, 5) is 0. The van der Waals surface area contributed by atoms with E-state index in [-0.39, 0.29) is 25.5 Å². The molecule has 0 radical (unpaired) electrons. The summed E-state index contributed by atoms with van der Waals surface area (Å²) in [6.45, 7) is 0.0715. The first-order valence-electron chi connectivity index (χ1n) is 7.82. The normalized spacial score (nSPS) is 12.4. The number of benzene rings is 2. The molecule has 142 valence electrons. The van der Waals surface area contributed by atoms with Crippen molar-refractivity contribution in [2.45, 2.75) is 5.75 Å². The minimum Gasteiger partial charge on any atom is -0.481 e. The van der Waals surface area contributed by atoms with E-state index >= 15 is 0 Å². The lowest BCUT2D eigenvalue weighted by molar-refractivity contribution is 0.174. The van der Waals surface area contributed by atoms with Gasteiger partial charge in [-0.2, -0.15) is 0 Å².